The first-order chi connectivity index (χ1) is 8.68. The molecule has 1 fully saturated rings. The van der Waals surface area contributed by atoms with E-state index < -0.39 is 6.10 Å². The van der Waals surface area contributed by atoms with Crippen molar-refractivity contribution in [3.05, 3.63) is 29.8 Å². The third-order valence-corrected chi connectivity index (χ3v) is 3.46. The molecule has 2 unspecified atom stereocenters. The number of benzene rings is 1. The first-order valence-corrected chi connectivity index (χ1v) is 6.66. The van der Waals surface area contributed by atoms with Crippen molar-refractivity contribution in [2.45, 2.75) is 32.3 Å². The normalized spacial score (nSPS) is 21.2. The van der Waals surface area contributed by atoms with E-state index in [1.807, 2.05) is 18.2 Å². The summed E-state index contributed by atoms with van der Waals surface area (Å²) in [7, 11) is 0. The summed E-state index contributed by atoms with van der Waals surface area (Å²) in [5.41, 5.74) is 1.19. The molecular formula is C15H22O3. The summed E-state index contributed by atoms with van der Waals surface area (Å²) in [5, 5.41) is 10.0. The van der Waals surface area contributed by atoms with Crippen LogP contribution in [0.25, 0.3) is 0 Å². The van der Waals surface area contributed by atoms with E-state index in [4.69, 9.17) is 9.47 Å². The molecule has 1 aromatic rings. The maximum atomic E-state index is 10.0. The molecule has 1 saturated heterocycles. The van der Waals surface area contributed by atoms with Gasteiger partial charge in [-0.2, -0.15) is 0 Å². The standard InChI is InChI=1S/C15H22O3/c1-11(2)13-5-3-4-6-15(13)18-10-14(16)12-7-8-17-9-12/h3-6,11-12,14,16H,7-10H2,1-2H3. The summed E-state index contributed by atoms with van der Waals surface area (Å²) in [6.45, 7) is 6.03. The lowest BCUT2D eigenvalue weighted by Gasteiger charge is -2.19. The van der Waals surface area contributed by atoms with Crippen LogP contribution in [-0.2, 0) is 4.74 Å². The van der Waals surface area contributed by atoms with Crippen molar-refractivity contribution in [1.82, 2.24) is 0 Å². The van der Waals surface area contributed by atoms with E-state index in [-0.39, 0.29) is 5.92 Å². The average Bonchev–Trinajstić information content (AvgIpc) is 2.90. The number of aliphatic hydroxyl groups excluding tert-OH is 1. The van der Waals surface area contributed by atoms with E-state index in [1.165, 1.54) is 5.56 Å². The summed E-state index contributed by atoms with van der Waals surface area (Å²) in [5.74, 6) is 1.52. The van der Waals surface area contributed by atoms with E-state index in [0.717, 1.165) is 18.8 Å². The van der Waals surface area contributed by atoms with Crippen LogP contribution in [-0.4, -0.2) is 31.0 Å². The van der Waals surface area contributed by atoms with Gasteiger partial charge in [0.15, 0.2) is 0 Å². The lowest BCUT2D eigenvalue weighted by molar-refractivity contribution is 0.0495. The highest BCUT2D eigenvalue weighted by molar-refractivity contribution is 5.35. The second-order valence-corrected chi connectivity index (χ2v) is 5.19. The highest BCUT2D eigenvalue weighted by Gasteiger charge is 2.24. The van der Waals surface area contributed by atoms with Crippen molar-refractivity contribution >= 4 is 0 Å². The predicted octanol–water partition coefficient (Wildman–Crippen LogP) is 2.59. The third-order valence-electron chi connectivity index (χ3n) is 3.46. The zero-order valence-electron chi connectivity index (χ0n) is 11.1. The SMILES string of the molecule is CC(C)c1ccccc1OCC(O)C1CCOC1. The fourth-order valence-corrected chi connectivity index (χ4v) is 2.26. The molecule has 0 spiro atoms. The van der Waals surface area contributed by atoms with Gasteiger partial charge in [0.1, 0.15) is 12.4 Å². The Morgan fingerprint density at radius 3 is 2.83 bits per heavy atom. The monoisotopic (exact) mass is 250 g/mol. The molecule has 1 aromatic carbocycles. The number of hydrogen-bond donors (Lipinski definition) is 1. The quantitative estimate of drug-likeness (QED) is 0.873. The van der Waals surface area contributed by atoms with E-state index >= 15 is 0 Å². The van der Waals surface area contributed by atoms with Crippen molar-refractivity contribution in [3.8, 4) is 5.75 Å². The van der Waals surface area contributed by atoms with Crippen LogP contribution in [0.5, 0.6) is 5.75 Å². The van der Waals surface area contributed by atoms with E-state index in [2.05, 4.69) is 19.9 Å². The Kier molecular flexibility index (Phi) is 4.61. The molecule has 0 aromatic heterocycles. The first-order valence-electron chi connectivity index (χ1n) is 6.66. The van der Waals surface area contributed by atoms with Gasteiger partial charge < -0.3 is 14.6 Å². The smallest absolute Gasteiger partial charge is 0.122 e. The van der Waals surface area contributed by atoms with Crippen LogP contribution in [0.2, 0.25) is 0 Å². The molecule has 1 heterocycles. The molecule has 2 rings (SSSR count). The van der Waals surface area contributed by atoms with Gasteiger partial charge in [-0.05, 0) is 24.0 Å². The van der Waals surface area contributed by atoms with E-state index in [0.29, 0.717) is 19.1 Å². The zero-order chi connectivity index (χ0) is 13.0. The molecule has 2 atom stereocenters. The maximum Gasteiger partial charge on any atom is 0.122 e. The summed E-state index contributed by atoms with van der Waals surface area (Å²) in [4.78, 5) is 0. The summed E-state index contributed by atoms with van der Waals surface area (Å²) >= 11 is 0. The Morgan fingerprint density at radius 2 is 2.17 bits per heavy atom. The number of para-hydroxylation sites is 1. The molecule has 18 heavy (non-hydrogen) atoms. The first kappa shape index (κ1) is 13.4. The lowest BCUT2D eigenvalue weighted by Crippen LogP contribution is -2.27. The number of ether oxygens (including phenoxy) is 2. The second kappa shape index (κ2) is 6.21. The highest BCUT2D eigenvalue weighted by atomic mass is 16.5. The van der Waals surface area contributed by atoms with Crippen molar-refractivity contribution < 1.29 is 14.6 Å². The largest absolute Gasteiger partial charge is 0.491 e. The molecule has 0 bridgehead atoms. The van der Waals surface area contributed by atoms with Crippen LogP contribution in [0.1, 0.15) is 31.7 Å². The molecule has 3 heteroatoms. The maximum absolute atomic E-state index is 10.0. The minimum Gasteiger partial charge on any atom is -0.491 e. The summed E-state index contributed by atoms with van der Waals surface area (Å²) in [6, 6.07) is 8.02. The predicted molar refractivity (Wildman–Crippen MR) is 71.0 cm³/mol. The molecule has 1 aliphatic rings. The molecular weight excluding hydrogens is 228 g/mol. The van der Waals surface area contributed by atoms with Crippen LogP contribution < -0.4 is 4.74 Å². The van der Waals surface area contributed by atoms with Gasteiger partial charge >= 0.3 is 0 Å². The van der Waals surface area contributed by atoms with Crippen LogP contribution in [0.4, 0.5) is 0 Å². The molecule has 1 aliphatic heterocycles. The third kappa shape index (κ3) is 3.24. The Morgan fingerprint density at radius 1 is 1.39 bits per heavy atom. The van der Waals surface area contributed by atoms with Crippen molar-refractivity contribution in [2.24, 2.45) is 5.92 Å². The minimum absolute atomic E-state index is 0.219. The van der Waals surface area contributed by atoms with Gasteiger partial charge in [-0.1, -0.05) is 32.0 Å². The lowest BCUT2D eigenvalue weighted by atomic mass is 10.0. The average molecular weight is 250 g/mol. The fourth-order valence-electron chi connectivity index (χ4n) is 2.26. The fraction of sp³-hybridized carbons (Fsp3) is 0.600. The minimum atomic E-state index is -0.437. The van der Waals surface area contributed by atoms with Gasteiger partial charge in [0, 0.05) is 12.5 Å². The molecule has 3 nitrogen and oxygen atoms in total. The Hall–Kier alpha value is -1.06. The van der Waals surface area contributed by atoms with Gasteiger partial charge in [-0.3, -0.25) is 0 Å². The van der Waals surface area contributed by atoms with Crippen molar-refractivity contribution in [2.75, 3.05) is 19.8 Å². The van der Waals surface area contributed by atoms with E-state index in [9.17, 15) is 5.11 Å². The van der Waals surface area contributed by atoms with Gasteiger partial charge in [-0.15, -0.1) is 0 Å². The van der Waals surface area contributed by atoms with Gasteiger partial charge in [-0.25, -0.2) is 0 Å². The van der Waals surface area contributed by atoms with Crippen LogP contribution in [0, 0.1) is 5.92 Å². The van der Waals surface area contributed by atoms with Gasteiger partial charge in [0.25, 0.3) is 0 Å². The second-order valence-electron chi connectivity index (χ2n) is 5.19. The Bertz CT molecular complexity index is 370. The topological polar surface area (TPSA) is 38.7 Å². The van der Waals surface area contributed by atoms with Gasteiger partial charge in [0.05, 0.1) is 12.7 Å². The van der Waals surface area contributed by atoms with Crippen LogP contribution >= 0.6 is 0 Å². The summed E-state index contributed by atoms with van der Waals surface area (Å²) in [6.07, 6.45) is 0.490. The Balaban J connectivity index is 1.93. The zero-order valence-corrected chi connectivity index (χ0v) is 11.1. The van der Waals surface area contributed by atoms with Crippen molar-refractivity contribution in [3.63, 3.8) is 0 Å². The summed E-state index contributed by atoms with van der Waals surface area (Å²) < 4.78 is 11.0. The van der Waals surface area contributed by atoms with E-state index in [1.54, 1.807) is 0 Å². The molecule has 0 saturated carbocycles. The van der Waals surface area contributed by atoms with Crippen LogP contribution in [0.3, 0.4) is 0 Å². The number of aliphatic hydroxyl groups is 1. The highest BCUT2D eigenvalue weighted by Crippen LogP contribution is 2.26. The molecule has 100 valence electrons. The number of hydrogen-bond acceptors (Lipinski definition) is 3. The molecule has 0 amide bonds. The Labute approximate surface area is 109 Å². The molecule has 0 radical (unpaired) electrons. The number of rotatable bonds is 5. The molecule has 0 aliphatic carbocycles. The van der Waals surface area contributed by atoms with Crippen molar-refractivity contribution in [1.29, 1.82) is 0 Å². The van der Waals surface area contributed by atoms with Crippen LogP contribution in [0.15, 0.2) is 24.3 Å². The molecule has 1 N–H and O–H groups in total. The van der Waals surface area contributed by atoms with Gasteiger partial charge in [0.2, 0.25) is 0 Å².